The van der Waals surface area contributed by atoms with Crippen LogP contribution in [0.25, 0.3) is 0 Å². The molecule has 1 aromatic carbocycles. The molecule has 0 heterocycles. The summed E-state index contributed by atoms with van der Waals surface area (Å²) in [5.41, 5.74) is 0.230. The van der Waals surface area contributed by atoms with E-state index in [9.17, 15) is 19.7 Å². The number of nitro groups is 1. The molecule has 0 unspecified atom stereocenters. The smallest absolute Gasteiger partial charge is 0.338 e. The van der Waals surface area contributed by atoms with Gasteiger partial charge in [0, 0.05) is 24.5 Å². The van der Waals surface area contributed by atoms with Gasteiger partial charge in [0.25, 0.3) is 5.69 Å². The Morgan fingerprint density at radius 2 is 2.00 bits per heavy atom. The van der Waals surface area contributed by atoms with E-state index < -0.39 is 10.9 Å². The van der Waals surface area contributed by atoms with Gasteiger partial charge in [0.2, 0.25) is 0 Å². The number of esters is 1. The summed E-state index contributed by atoms with van der Waals surface area (Å²) in [7, 11) is 0. The van der Waals surface area contributed by atoms with Crippen molar-refractivity contribution in [1.82, 2.24) is 0 Å². The lowest BCUT2D eigenvalue weighted by Gasteiger charge is -2.05. The van der Waals surface area contributed by atoms with Crippen molar-refractivity contribution in [3.05, 3.63) is 39.4 Å². The van der Waals surface area contributed by atoms with Crippen LogP contribution in [-0.2, 0) is 16.0 Å². The first-order valence-electron chi connectivity index (χ1n) is 6.95. The molecule has 6 nitrogen and oxygen atoms in total. The van der Waals surface area contributed by atoms with E-state index in [1.807, 2.05) is 6.92 Å². The lowest BCUT2D eigenvalue weighted by molar-refractivity contribution is -0.385. The second-order valence-electron chi connectivity index (χ2n) is 4.64. The van der Waals surface area contributed by atoms with Crippen LogP contribution in [0.4, 0.5) is 5.69 Å². The molecule has 0 saturated heterocycles. The lowest BCUT2D eigenvalue weighted by atomic mass is 10.0. The van der Waals surface area contributed by atoms with Crippen LogP contribution in [0.1, 0.15) is 49.0 Å². The van der Waals surface area contributed by atoms with Gasteiger partial charge in [-0.05, 0) is 19.4 Å². The first-order valence-corrected chi connectivity index (χ1v) is 6.95. The minimum Gasteiger partial charge on any atom is -0.462 e. The van der Waals surface area contributed by atoms with E-state index in [0.29, 0.717) is 12.0 Å². The Morgan fingerprint density at radius 1 is 1.29 bits per heavy atom. The third-order valence-corrected chi connectivity index (χ3v) is 2.99. The summed E-state index contributed by atoms with van der Waals surface area (Å²) in [4.78, 5) is 33.8. The Balaban J connectivity index is 2.97. The second-order valence-corrected chi connectivity index (χ2v) is 4.64. The molecule has 0 fully saturated rings. The highest BCUT2D eigenvalue weighted by Gasteiger charge is 2.19. The minimum atomic E-state index is -0.607. The summed E-state index contributed by atoms with van der Waals surface area (Å²) >= 11 is 0. The average Bonchev–Trinajstić information content (AvgIpc) is 2.45. The number of nitro benzene ring substituents is 1. The van der Waals surface area contributed by atoms with Crippen LogP contribution in [0.2, 0.25) is 0 Å². The lowest BCUT2D eigenvalue weighted by Crippen LogP contribution is -2.08. The first-order chi connectivity index (χ1) is 9.99. The Hall–Kier alpha value is -2.24. The van der Waals surface area contributed by atoms with E-state index in [1.165, 1.54) is 18.2 Å². The standard InChI is InChI=1S/C15H19NO5/c1-3-5-6-13(17)9-11-7-8-12(15(18)21-4-2)10-14(11)16(19)20/h7-8,10H,3-6,9H2,1-2H3. The molecule has 0 atom stereocenters. The molecule has 21 heavy (non-hydrogen) atoms. The molecular formula is C15H19NO5. The van der Waals surface area contributed by atoms with Gasteiger partial charge < -0.3 is 4.74 Å². The Kier molecular flexibility index (Phi) is 6.52. The molecule has 0 aromatic heterocycles. The number of ether oxygens (including phenoxy) is 1. The number of unbranched alkanes of at least 4 members (excludes halogenated alkanes) is 1. The fourth-order valence-electron chi connectivity index (χ4n) is 1.90. The van der Waals surface area contributed by atoms with E-state index in [4.69, 9.17) is 4.74 Å². The van der Waals surface area contributed by atoms with E-state index in [0.717, 1.165) is 12.8 Å². The van der Waals surface area contributed by atoms with Crippen molar-refractivity contribution in [2.45, 2.75) is 39.5 Å². The van der Waals surface area contributed by atoms with Crippen molar-refractivity contribution in [3.63, 3.8) is 0 Å². The third kappa shape index (κ3) is 4.98. The van der Waals surface area contributed by atoms with Gasteiger partial charge in [-0.25, -0.2) is 4.79 Å². The average molecular weight is 293 g/mol. The molecule has 0 bridgehead atoms. The van der Waals surface area contributed by atoms with Gasteiger partial charge in [-0.3, -0.25) is 14.9 Å². The number of hydrogen-bond acceptors (Lipinski definition) is 5. The highest BCUT2D eigenvalue weighted by Crippen LogP contribution is 2.22. The van der Waals surface area contributed by atoms with Crippen LogP contribution < -0.4 is 0 Å². The number of carbonyl (C=O) groups is 2. The zero-order valence-corrected chi connectivity index (χ0v) is 12.3. The van der Waals surface area contributed by atoms with Gasteiger partial charge in [-0.2, -0.15) is 0 Å². The predicted molar refractivity (Wildman–Crippen MR) is 77.3 cm³/mol. The van der Waals surface area contributed by atoms with Crippen molar-refractivity contribution in [2.24, 2.45) is 0 Å². The van der Waals surface area contributed by atoms with Crippen LogP contribution in [0.15, 0.2) is 18.2 Å². The highest BCUT2D eigenvalue weighted by molar-refractivity contribution is 5.91. The maximum Gasteiger partial charge on any atom is 0.338 e. The van der Waals surface area contributed by atoms with Gasteiger partial charge in [-0.15, -0.1) is 0 Å². The summed E-state index contributed by atoms with van der Waals surface area (Å²) in [6.07, 6.45) is 2.09. The Morgan fingerprint density at radius 3 is 2.57 bits per heavy atom. The van der Waals surface area contributed by atoms with E-state index in [2.05, 4.69) is 0 Å². The van der Waals surface area contributed by atoms with Crippen LogP contribution >= 0.6 is 0 Å². The van der Waals surface area contributed by atoms with Crippen LogP contribution in [0.3, 0.4) is 0 Å². The number of hydrogen-bond donors (Lipinski definition) is 0. The summed E-state index contributed by atoms with van der Waals surface area (Å²) in [6, 6.07) is 4.07. The molecule has 1 rings (SSSR count). The topological polar surface area (TPSA) is 86.5 Å². The molecule has 6 heteroatoms. The second kappa shape index (κ2) is 8.14. The number of rotatable bonds is 8. The maximum absolute atomic E-state index is 11.8. The summed E-state index contributed by atoms with van der Waals surface area (Å²) in [5, 5.41) is 11.1. The zero-order chi connectivity index (χ0) is 15.8. The van der Waals surface area contributed by atoms with Crippen molar-refractivity contribution in [1.29, 1.82) is 0 Å². The Bertz CT molecular complexity index is 539. The largest absolute Gasteiger partial charge is 0.462 e. The molecular weight excluding hydrogens is 274 g/mol. The number of ketones is 1. The van der Waals surface area contributed by atoms with Crippen LogP contribution in [0, 0.1) is 10.1 Å². The molecule has 114 valence electrons. The molecule has 0 aliphatic carbocycles. The molecule has 0 aliphatic heterocycles. The SMILES string of the molecule is CCCCC(=O)Cc1ccc(C(=O)OCC)cc1[N+](=O)[O-]. The van der Waals surface area contributed by atoms with Gasteiger partial charge in [0.15, 0.2) is 0 Å². The highest BCUT2D eigenvalue weighted by atomic mass is 16.6. The van der Waals surface area contributed by atoms with Crippen LogP contribution in [0.5, 0.6) is 0 Å². The zero-order valence-electron chi connectivity index (χ0n) is 12.3. The molecule has 0 amide bonds. The minimum absolute atomic E-state index is 0.0133. The maximum atomic E-state index is 11.8. The molecule has 0 spiro atoms. The van der Waals surface area contributed by atoms with Crippen molar-refractivity contribution in [2.75, 3.05) is 6.61 Å². The van der Waals surface area contributed by atoms with E-state index >= 15 is 0 Å². The Labute approximate surface area is 123 Å². The third-order valence-electron chi connectivity index (χ3n) is 2.99. The monoisotopic (exact) mass is 293 g/mol. The molecule has 0 aliphatic rings. The number of benzene rings is 1. The number of carbonyl (C=O) groups excluding carboxylic acids is 2. The van der Waals surface area contributed by atoms with Gasteiger partial charge in [-0.1, -0.05) is 19.4 Å². The van der Waals surface area contributed by atoms with Crippen molar-refractivity contribution in [3.8, 4) is 0 Å². The van der Waals surface area contributed by atoms with Crippen molar-refractivity contribution < 1.29 is 19.2 Å². The van der Waals surface area contributed by atoms with Gasteiger partial charge >= 0.3 is 5.97 Å². The fraction of sp³-hybridized carbons (Fsp3) is 0.467. The van der Waals surface area contributed by atoms with Gasteiger partial charge in [0.1, 0.15) is 5.78 Å². The molecule has 1 aromatic rings. The fourth-order valence-corrected chi connectivity index (χ4v) is 1.90. The van der Waals surface area contributed by atoms with Crippen molar-refractivity contribution >= 4 is 17.4 Å². The summed E-state index contributed by atoms with van der Waals surface area (Å²) in [5.74, 6) is -0.645. The summed E-state index contributed by atoms with van der Waals surface area (Å²) in [6.45, 7) is 3.83. The normalized spacial score (nSPS) is 10.2. The molecule has 0 N–H and O–H groups in total. The quantitative estimate of drug-likeness (QED) is 0.417. The first kappa shape index (κ1) is 16.8. The molecule has 0 saturated carbocycles. The predicted octanol–water partition coefficient (Wildman–Crippen LogP) is 3.07. The van der Waals surface area contributed by atoms with E-state index in [-0.39, 0.29) is 30.1 Å². The van der Waals surface area contributed by atoms with Crippen LogP contribution in [-0.4, -0.2) is 23.3 Å². The summed E-state index contributed by atoms with van der Waals surface area (Å²) < 4.78 is 4.81. The van der Waals surface area contributed by atoms with Gasteiger partial charge in [0.05, 0.1) is 17.1 Å². The number of nitrogens with zero attached hydrogens (tertiary/aromatic N) is 1. The number of Topliss-reactive ketones (excluding diaryl/α,β-unsaturated/α-hetero) is 1. The molecule has 0 radical (unpaired) electrons. The van der Waals surface area contributed by atoms with E-state index in [1.54, 1.807) is 6.92 Å².